The van der Waals surface area contributed by atoms with Gasteiger partial charge in [0.05, 0.1) is 17.8 Å². The van der Waals surface area contributed by atoms with Crippen molar-refractivity contribution >= 4 is 28.9 Å². The normalized spacial score (nSPS) is 18.3. The maximum atomic E-state index is 12.7. The maximum Gasteiger partial charge on any atom is 0.226 e. The van der Waals surface area contributed by atoms with Gasteiger partial charge in [0.25, 0.3) is 0 Å². The Kier molecular flexibility index (Phi) is 6.51. The highest BCUT2D eigenvalue weighted by Crippen LogP contribution is 2.39. The summed E-state index contributed by atoms with van der Waals surface area (Å²) >= 11 is 5.72. The molecule has 172 valence electrons. The molecule has 1 fully saturated rings. The monoisotopic (exact) mass is 461 g/mol. The Bertz CT molecular complexity index is 1120. The minimum absolute atomic E-state index is 0.0238. The number of amides is 1. The molecular weight excluding hydrogens is 430 g/mol. The van der Waals surface area contributed by atoms with E-state index in [0.29, 0.717) is 18.1 Å². The van der Waals surface area contributed by atoms with Crippen LogP contribution in [0.3, 0.4) is 0 Å². The third kappa shape index (κ3) is 5.25. The van der Waals surface area contributed by atoms with E-state index in [1.54, 1.807) is 6.20 Å². The second-order valence-corrected chi connectivity index (χ2v) is 9.89. The summed E-state index contributed by atoms with van der Waals surface area (Å²) in [5.41, 5.74) is 4.01. The van der Waals surface area contributed by atoms with Crippen molar-refractivity contribution in [1.29, 1.82) is 0 Å². The van der Waals surface area contributed by atoms with Gasteiger partial charge in [-0.15, -0.1) is 0 Å². The van der Waals surface area contributed by atoms with Crippen LogP contribution in [0.1, 0.15) is 56.1 Å². The third-order valence-electron chi connectivity index (χ3n) is 5.94. The molecule has 2 aromatic heterocycles. The van der Waals surface area contributed by atoms with Gasteiger partial charge in [-0.2, -0.15) is 0 Å². The van der Waals surface area contributed by atoms with E-state index in [9.17, 15) is 4.79 Å². The topological polar surface area (TPSA) is 62.2 Å². The molecule has 2 atom stereocenters. The quantitative estimate of drug-likeness (QED) is 0.509. The molecule has 1 saturated heterocycles. The van der Waals surface area contributed by atoms with Gasteiger partial charge in [-0.05, 0) is 75.8 Å². The zero-order valence-corrected chi connectivity index (χ0v) is 20.4. The SMILES string of the molecule is Cc1ccc(NC(=O)CCN2C(=S)N[C@@H](c3ccccn3)[C@@H]2c2ccn(C(C)(C)C)c2)cc1. The summed E-state index contributed by atoms with van der Waals surface area (Å²) < 4.78 is 2.21. The van der Waals surface area contributed by atoms with Crippen molar-refractivity contribution in [2.75, 3.05) is 11.9 Å². The molecule has 2 N–H and O–H groups in total. The summed E-state index contributed by atoms with van der Waals surface area (Å²) in [6.45, 7) is 9.07. The summed E-state index contributed by atoms with van der Waals surface area (Å²) in [5.74, 6) is -0.0334. The van der Waals surface area contributed by atoms with Gasteiger partial charge in [0.15, 0.2) is 5.11 Å². The Morgan fingerprint density at radius 1 is 1.15 bits per heavy atom. The van der Waals surface area contributed by atoms with Crippen molar-refractivity contribution in [2.24, 2.45) is 0 Å². The molecule has 0 bridgehead atoms. The molecule has 3 aromatic rings. The Morgan fingerprint density at radius 2 is 1.91 bits per heavy atom. The van der Waals surface area contributed by atoms with E-state index in [4.69, 9.17) is 12.2 Å². The largest absolute Gasteiger partial charge is 0.352 e. The molecule has 0 aliphatic carbocycles. The summed E-state index contributed by atoms with van der Waals surface area (Å²) in [6.07, 6.45) is 6.42. The van der Waals surface area contributed by atoms with Crippen LogP contribution in [0.4, 0.5) is 5.69 Å². The fourth-order valence-corrected chi connectivity index (χ4v) is 4.43. The zero-order chi connectivity index (χ0) is 23.6. The number of aromatic nitrogens is 2. The number of carbonyl (C=O) groups is 1. The van der Waals surface area contributed by atoms with E-state index < -0.39 is 0 Å². The lowest BCUT2D eigenvalue weighted by Crippen LogP contribution is -2.32. The molecular formula is C26H31N5OS. The van der Waals surface area contributed by atoms with E-state index in [0.717, 1.165) is 22.5 Å². The van der Waals surface area contributed by atoms with Crippen molar-refractivity contribution < 1.29 is 4.79 Å². The Hall–Kier alpha value is -3.19. The van der Waals surface area contributed by atoms with Crippen molar-refractivity contribution in [1.82, 2.24) is 19.8 Å². The van der Waals surface area contributed by atoms with Crippen LogP contribution in [-0.2, 0) is 10.3 Å². The van der Waals surface area contributed by atoms with Crippen LogP contribution in [0.25, 0.3) is 0 Å². The second-order valence-electron chi connectivity index (χ2n) is 9.51. The van der Waals surface area contributed by atoms with Crippen LogP contribution in [0.15, 0.2) is 67.1 Å². The first-order valence-electron chi connectivity index (χ1n) is 11.3. The lowest BCUT2D eigenvalue weighted by Gasteiger charge is -2.27. The molecule has 1 aromatic carbocycles. The third-order valence-corrected chi connectivity index (χ3v) is 6.30. The highest BCUT2D eigenvalue weighted by atomic mass is 32.1. The van der Waals surface area contributed by atoms with Crippen LogP contribution in [0.2, 0.25) is 0 Å². The van der Waals surface area contributed by atoms with Crippen LogP contribution in [0.5, 0.6) is 0 Å². The Balaban J connectivity index is 1.55. The number of carbonyl (C=O) groups excluding carboxylic acids is 1. The minimum Gasteiger partial charge on any atom is -0.352 e. The molecule has 1 aliphatic heterocycles. The van der Waals surface area contributed by atoms with Crippen molar-refractivity contribution in [2.45, 2.75) is 51.7 Å². The number of aryl methyl sites for hydroxylation is 1. The van der Waals surface area contributed by atoms with E-state index in [1.807, 2.05) is 49.4 Å². The molecule has 1 aliphatic rings. The molecule has 0 spiro atoms. The molecule has 0 radical (unpaired) electrons. The van der Waals surface area contributed by atoms with Crippen LogP contribution < -0.4 is 10.6 Å². The average molecular weight is 462 g/mol. The number of hydrogen-bond acceptors (Lipinski definition) is 3. The summed E-state index contributed by atoms with van der Waals surface area (Å²) in [7, 11) is 0. The first kappa shape index (κ1) is 23.0. The minimum atomic E-state index is -0.0883. The number of pyridine rings is 1. The van der Waals surface area contributed by atoms with E-state index in [1.165, 1.54) is 0 Å². The van der Waals surface area contributed by atoms with Gasteiger partial charge in [0, 0.05) is 42.8 Å². The Morgan fingerprint density at radius 3 is 2.55 bits per heavy atom. The fraction of sp³-hybridized carbons (Fsp3) is 0.346. The molecule has 4 rings (SSSR count). The van der Waals surface area contributed by atoms with Crippen LogP contribution >= 0.6 is 12.2 Å². The fourth-order valence-electron chi connectivity index (χ4n) is 4.10. The van der Waals surface area contributed by atoms with E-state index in [2.05, 4.69) is 64.3 Å². The molecule has 1 amide bonds. The van der Waals surface area contributed by atoms with Crippen molar-refractivity contribution in [3.8, 4) is 0 Å². The number of thiocarbonyl (C=S) groups is 1. The van der Waals surface area contributed by atoms with Crippen LogP contribution in [-0.4, -0.2) is 32.0 Å². The average Bonchev–Trinajstić information content (AvgIpc) is 3.39. The number of nitrogens with zero attached hydrogens (tertiary/aromatic N) is 3. The van der Waals surface area contributed by atoms with Crippen LogP contribution in [0, 0.1) is 6.92 Å². The number of nitrogens with one attached hydrogen (secondary N) is 2. The highest BCUT2D eigenvalue weighted by Gasteiger charge is 2.40. The van der Waals surface area contributed by atoms with E-state index in [-0.39, 0.29) is 23.5 Å². The molecule has 7 heteroatoms. The van der Waals surface area contributed by atoms with Gasteiger partial charge in [0.1, 0.15) is 0 Å². The molecule has 33 heavy (non-hydrogen) atoms. The highest BCUT2D eigenvalue weighted by molar-refractivity contribution is 7.80. The predicted molar refractivity (Wildman–Crippen MR) is 136 cm³/mol. The summed E-state index contributed by atoms with van der Waals surface area (Å²) in [6, 6.07) is 15.7. The van der Waals surface area contributed by atoms with Gasteiger partial charge in [-0.25, -0.2) is 0 Å². The molecule has 6 nitrogen and oxygen atoms in total. The van der Waals surface area contributed by atoms with Crippen molar-refractivity contribution in [3.63, 3.8) is 0 Å². The summed E-state index contributed by atoms with van der Waals surface area (Å²) in [5, 5.41) is 7.08. The number of hydrogen-bond donors (Lipinski definition) is 2. The number of rotatable bonds is 6. The zero-order valence-electron chi connectivity index (χ0n) is 19.6. The molecule has 3 heterocycles. The lowest BCUT2D eigenvalue weighted by atomic mass is 9.99. The van der Waals surface area contributed by atoms with E-state index >= 15 is 0 Å². The molecule has 0 unspecified atom stereocenters. The first-order valence-corrected chi connectivity index (χ1v) is 11.7. The standard InChI is InChI=1S/C26H31N5OS/c1-18-8-10-20(11-9-18)28-22(32)13-16-31-24(19-12-15-30(17-19)26(2,3)4)23(29-25(31)33)21-7-5-6-14-27-21/h5-12,14-15,17,23-24H,13,16H2,1-4H3,(H,28,32)(H,29,33)/t23-,24-/m0/s1. The Labute approximate surface area is 201 Å². The van der Waals surface area contributed by atoms with Gasteiger partial charge in [0.2, 0.25) is 5.91 Å². The predicted octanol–water partition coefficient (Wildman–Crippen LogP) is 4.95. The smallest absolute Gasteiger partial charge is 0.226 e. The van der Waals surface area contributed by atoms with Gasteiger partial charge >= 0.3 is 0 Å². The number of anilines is 1. The number of benzene rings is 1. The van der Waals surface area contributed by atoms with Gasteiger partial charge in [-0.3, -0.25) is 9.78 Å². The van der Waals surface area contributed by atoms with Crippen molar-refractivity contribution in [3.05, 3.63) is 83.9 Å². The van der Waals surface area contributed by atoms with Gasteiger partial charge < -0.3 is 20.1 Å². The second kappa shape index (κ2) is 9.35. The lowest BCUT2D eigenvalue weighted by molar-refractivity contribution is -0.116. The summed E-state index contributed by atoms with van der Waals surface area (Å²) in [4.78, 5) is 19.4. The molecule has 0 saturated carbocycles. The first-order chi connectivity index (χ1) is 15.7. The van der Waals surface area contributed by atoms with Gasteiger partial charge in [-0.1, -0.05) is 23.8 Å². The maximum absolute atomic E-state index is 12.7.